The highest BCUT2D eigenvalue weighted by atomic mass is 32.0. The quantitative estimate of drug-likeness (QED) is 0.628. The van der Waals surface area contributed by atoms with Gasteiger partial charge in [0.1, 0.15) is 5.92 Å². The Kier molecular flexibility index (Phi) is 10.1. The first kappa shape index (κ1) is 19.4. The third kappa shape index (κ3) is 6.96. The maximum Gasteiger partial charge on any atom is 0.316 e. The van der Waals surface area contributed by atoms with Crippen LogP contribution in [0.1, 0.15) is 17.5 Å². The number of rotatable bonds is 9. The Morgan fingerprint density at radius 2 is 1.95 bits per heavy atom. The summed E-state index contributed by atoms with van der Waals surface area (Å²) in [5, 5.41) is 0. The third-order valence-electron chi connectivity index (χ3n) is 3.20. The first-order valence-corrected chi connectivity index (χ1v) is 10.2. The molecule has 0 aliphatic rings. The zero-order chi connectivity index (χ0) is 15.7. The Hall–Kier alpha value is 0.330. The van der Waals surface area contributed by atoms with Gasteiger partial charge in [0.2, 0.25) is 0 Å². The number of benzene rings is 1. The van der Waals surface area contributed by atoms with E-state index >= 15 is 0 Å². The van der Waals surface area contributed by atoms with Gasteiger partial charge in [0, 0.05) is 18.0 Å². The largest absolute Gasteiger partial charge is 0.451 e. The molecule has 0 spiro atoms. The average molecular weight is 366 g/mol. The van der Waals surface area contributed by atoms with Crippen molar-refractivity contribution in [3.05, 3.63) is 35.4 Å². The topological polar surface area (TPSA) is 44.8 Å². The Morgan fingerprint density at radius 1 is 1.29 bits per heavy atom. The van der Waals surface area contributed by atoms with E-state index < -0.39 is 5.92 Å². The van der Waals surface area contributed by atoms with Gasteiger partial charge in [-0.25, -0.2) is 0 Å². The molecule has 4 nitrogen and oxygen atoms in total. The van der Waals surface area contributed by atoms with E-state index in [2.05, 4.69) is 49.6 Å². The molecule has 8 heteroatoms. The van der Waals surface area contributed by atoms with Crippen molar-refractivity contribution in [2.45, 2.75) is 25.9 Å². The summed E-state index contributed by atoms with van der Waals surface area (Å²) in [6, 6.07) is 8.38. The molecule has 0 N–H and O–H groups in total. The third-order valence-corrected chi connectivity index (χ3v) is 4.47. The van der Waals surface area contributed by atoms with Crippen LogP contribution in [-0.4, -0.2) is 18.7 Å². The van der Waals surface area contributed by atoms with Crippen LogP contribution in [0.25, 0.3) is 0 Å². The van der Waals surface area contributed by atoms with Crippen molar-refractivity contribution in [2.75, 3.05) is 6.61 Å². The zero-order valence-corrected chi connectivity index (χ0v) is 16.4. The molecule has 1 aromatic carbocycles. The maximum absolute atomic E-state index is 11.9. The van der Waals surface area contributed by atoms with Crippen LogP contribution in [0.15, 0.2) is 24.3 Å². The monoisotopic (exact) mass is 366 g/mol. The molecule has 6 atom stereocenters. The highest BCUT2D eigenvalue weighted by Crippen LogP contribution is 2.30. The van der Waals surface area contributed by atoms with Crippen LogP contribution >= 0.6 is 36.4 Å². The molecule has 0 bridgehead atoms. The lowest BCUT2D eigenvalue weighted by molar-refractivity contribution is -0.142. The molecular weight excluding hydrogens is 344 g/mol. The second kappa shape index (κ2) is 11.0. The first-order valence-electron chi connectivity index (χ1n) is 6.51. The van der Waals surface area contributed by atoms with E-state index in [1.807, 2.05) is 9.47 Å². The first-order chi connectivity index (χ1) is 10.1. The second-order valence-electron chi connectivity index (χ2n) is 4.68. The minimum Gasteiger partial charge on any atom is -0.451 e. The molecule has 0 aliphatic carbocycles. The lowest BCUT2D eigenvalue weighted by atomic mass is 9.97. The fraction of sp³-hybridized carbons (Fsp3) is 0.462. The molecular formula is C13H22O4P4. The van der Waals surface area contributed by atoms with E-state index in [4.69, 9.17) is 13.6 Å². The van der Waals surface area contributed by atoms with Gasteiger partial charge in [-0.1, -0.05) is 38.8 Å². The van der Waals surface area contributed by atoms with Crippen molar-refractivity contribution in [1.82, 2.24) is 0 Å². The van der Waals surface area contributed by atoms with Gasteiger partial charge < -0.3 is 13.6 Å². The summed E-state index contributed by atoms with van der Waals surface area (Å²) in [4.78, 5) is 11.9. The minimum absolute atomic E-state index is 0.226. The predicted molar refractivity (Wildman–Crippen MR) is 97.4 cm³/mol. The Balaban J connectivity index is 2.69. The Morgan fingerprint density at radius 3 is 2.48 bits per heavy atom. The van der Waals surface area contributed by atoms with Crippen LogP contribution in [0, 0.1) is 12.8 Å². The molecule has 0 aromatic heterocycles. The van der Waals surface area contributed by atoms with E-state index in [-0.39, 0.29) is 27.2 Å². The molecule has 0 fully saturated rings. The molecule has 0 heterocycles. The van der Waals surface area contributed by atoms with Crippen LogP contribution in [0.2, 0.25) is 0 Å². The lowest BCUT2D eigenvalue weighted by Gasteiger charge is -2.24. The molecule has 0 saturated carbocycles. The van der Waals surface area contributed by atoms with Gasteiger partial charge in [0.15, 0.2) is 0 Å². The fourth-order valence-electron chi connectivity index (χ4n) is 2.01. The van der Waals surface area contributed by atoms with Gasteiger partial charge in [-0.3, -0.25) is 4.79 Å². The number of carbonyl (C=O) groups excluding carboxylic acids is 1. The summed E-state index contributed by atoms with van der Waals surface area (Å²) >= 11 is 0. The molecule has 6 unspecified atom stereocenters. The van der Waals surface area contributed by atoms with Gasteiger partial charge >= 0.3 is 5.97 Å². The fourth-order valence-corrected chi connectivity index (χ4v) is 3.37. The zero-order valence-electron chi connectivity index (χ0n) is 12.0. The summed E-state index contributed by atoms with van der Waals surface area (Å²) in [6.45, 7) is 2.32. The number of aryl methyl sites for hydroxylation is 2. The van der Waals surface area contributed by atoms with E-state index in [1.54, 1.807) is 0 Å². The molecule has 1 aromatic rings. The van der Waals surface area contributed by atoms with Gasteiger partial charge in [-0.15, -0.1) is 0 Å². The van der Waals surface area contributed by atoms with E-state index in [9.17, 15) is 4.79 Å². The summed E-state index contributed by atoms with van der Waals surface area (Å²) < 4.78 is 15.5. The summed E-state index contributed by atoms with van der Waals surface area (Å²) in [7, 11) is 6.92. The summed E-state index contributed by atoms with van der Waals surface area (Å²) in [6.07, 6.45) is 1.36. The molecule has 0 aliphatic heterocycles. The van der Waals surface area contributed by atoms with Crippen molar-refractivity contribution in [3.8, 4) is 0 Å². The number of hydrogen-bond donors (Lipinski definition) is 0. The summed E-state index contributed by atoms with van der Waals surface area (Å²) in [5.74, 6) is -0.766. The van der Waals surface area contributed by atoms with Gasteiger partial charge in [-0.2, -0.15) is 0 Å². The Labute approximate surface area is 135 Å². The van der Waals surface area contributed by atoms with E-state index in [0.29, 0.717) is 0 Å². The van der Waals surface area contributed by atoms with Crippen molar-refractivity contribution in [3.63, 3.8) is 0 Å². The van der Waals surface area contributed by atoms with Crippen molar-refractivity contribution >= 4 is 42.3 Å². The van der Waals surface area contributed by atoms with Crippen LogP contribution in [0.5, 0.6) is 0 Å². The van der Waals surface area contributed by atoms with Gasteiger partial charge in [0.25, 0.3) is 0 Å². The van der Waals surface area contributed by atoms with E-state index in [1.165, 1.54) is 11.1 Å². The standard InChI is InChI=1S/C13H22O4P4/c1-9-2-4-10(5-3-9)6-7-12(17-21-20)11(8-15-18)13(14)16-19/h2-5,11-12,21H,6-8,18-20H2,1H3. The molecule has 0 saturated heterocycles. The molecule has 0 radical (unpaired) electrons. The molecule has 1 rings (SSSR count). The predicted octanol–water partition coefficient (Wildman–Crippen LogP) is 3.45. The van der Waals surface area contributed by atoms with Crippen LogP contribution in [0.3, 0.4) is 0 Å². The smallest absolute Gasteiger partial charge is 0.316 e. The number of carbonyl (C=O) groups is 1. The van der Waals surface area contributed by atoms with Crippen molar-refractivity contribution in [2.24, 2.45) is 5.92 Å². The van der Waals surface area contributed by atoms with Crippen LogP contribution in [-0.2, 0) is 24.8 Å². The van der Waals surface area contributed by atoms with E-state index in [0.717, 1.165) is 12.8 Å². The highest BCUT2D eigenvalue weighted by Gasteiger charge is 2.30. The second-order valence-corrected chi connectivity index (χ2v) is 6.42. The van der Waals surface area contributed by atoms with Gasteiger partial charge in [-0.05, 0) is 25.3 Å². The molecule has 21 heavy (non-hydrogen) atoms. The van der Waals surface area contributed by atoms with Crippen molar-refractivity contribution < 1.29 is 18.4 Å². The Bertz CT molecular complexity index is 427. The number of hydrogen-bond acceptors (Lipinski definition) is 4. The lowest BCUT2D eigenvalue weighted by Crippen LogP contribution is -2.32. The normalized spacial score (nSPS) is 14.3. The maximum atomic E-state index is 11.9. The average Bonchev–Trinajstić information content (AvgIpc) is 2.50. The molecule has 118 valence electrons. The van der Waals surface area contributed by atoms with Crippen molar-refractivity contribution in [1.29, 1.82) is 0 Å². The van der Waals surface area contributed by atoms with Crippen LogP contribution < -0.4 is 0 Å². The highest BCUT2D eigenvalue weighted by molar-refractivity contribution is 8.00. The van der Waals surface area contributed by atoms with Gasteiger partial charge in [0.05, 0.1) is 22.2 Å². The SMILES string of the molecule is Cc1ccc(CCC(OPP)C(COP)C(=O)OP)cc1. The minimum atomic E-state index is -0.432. The summed E-state index contributed by atoms with van der Waals surface area (Å²) in [5.41, 5.74) is 2.46. The van der Waals surface area contributed by atoms with Crippen LogP contribution in [0.4, 0.5) is 0 Å². The molecule has 0 amide bonds.